The van der Waals surface area contributed by atoms with Gasteiger partial charge in [-0.1, -0.05) is 20.8 Å². The molecular formula is C16H34O5Si. The molecule has 0 unspecified atom stereocenters. The second kappa shape index (κ2) is 7.28. The van der Waals surface area contributed by atoms with E-state index < -0.39 is 20.4 Å². The van der Waals surface area contributed by atoms with Crippen molar-refractivity contribution in [3.05, 3.63) is 0 Å². The van der Waals surface area contributed by atoms with E-state index in [2.05, 4.69) is 33.9 Å². The highest BCUT2D eigenvalue weighted by molar-refractivity contribution is 6.74. The van der Waals surface area contributed by atoms with Gasteiger partial charge in [0.2, 0.25) is 0 Å². The third-order valence-electron chi connectivity index (χ3n) is 4.62. The molecule has 0 N–H and O–H groups in total. The van der Waals surface area contributed by atoms with Crippen molar-refractivity contribution in [1.29, 1.82) is 0 Å². The van der Waals surface area contributed by atoms with Crippen LogP contribution in [0.15, 0.2) is 0 Å². The predicted molar refractivity (Wildman–Crippen MR) is 89.4 cm³/mol. The predicted octanol–water partition coefficient (Wildman–Crippen LogP) is 3.54. The van der Waals surface area contributed by atoms with Crippen LogP contribution in [-0.2, 0) is 23.4 Å². The Hall–Kier alpha value is 0.0169. The van der Waals surface area contributed by atoms with E-state index in [1.54, 1.807) is 14.2 Å². The molecule has 5 nitrogen and oxygen atoms in total. The number of hydrogen-bond donors (Lipinski definition) is 0. The van der Waals surface area contributed by atoms with Gasteiger partial charge in [0.25, 0.3) is 0 Å². The van der Waals surface area contributed by atoms with Crippen LogP contribution in [0.25, 0.3) is 0 Å². The Morgan fingerprint density at radius 2 is 1.68 bits per heavy atom. The van der Waals surface area contributed by atoms with Crippen LogP contribution in [0, 0.1) is 0 Å². The van der Waals surface area contributed by atoms with Gasteiger partial charge in [0.1, 0.15) is 6.10 Å². The molecule has 1 saturated heterocycles. The molecule has 0 saturated carbocycles. The first-order chi connectivity index (χ1) is 9.93. The summed E-state index contributed by atoms with van der Waals surface area (Å²) in [4.78, 5) is 0. The van der Waals surface area contributed by atoms with Crippen molar-refractivity contribution in [2.45, 2.75) is 83.5 Å². The van der Waals surface area contributed by atoms with Crippen LogP contribution in [0.3, 0.4) is 0 Å². The van der Waals surface area contributed by atoms with Gasteiger partial charge in [0.15, 0.2) is 20.4 Å². The Morgan fingerprint density at radius 1 is 1.14 bits per heavy atom. The van der Waals surface area contributed by atoms with Gasteiger partial charge in [-0.05, 0) is 38.4 Å². The first kappa shape index (κ1) is 20.1. The highest BCUT2D eigenvalue weighted by Gasteiger charge is 2.45. The van der Waals surface area contributed by atoms with E-state index in [1.807, 2.05) is 13.8 Å². The maximum atomic E-state index is 6.59. The molecule has 0 bridgehead atoms. The molecule has 0 aromatic heterocycles. The van der Waals surface area contributed by atoms with Crippen LogP contribution < -0.4 is 0 Å². The lowest BCUT2D eigenvalue weighted by atomic mass is 10.1. The summed E-state index contributed by atoms with van der Waals surface area (Å²) in [7, 11) is 1.30. The summed E-state index contributed by atoms with van der Waals surface area (Å²) in [6, 6.07) is 0. The molecule has 0 aliphatic carbocycles. The van der Waals surface area contributed by atoms with E-state index in [1.165, 1.54) is 0 Å². The van der Waals surface area contributed by atoms with Crippen LogP contribution in [0.1, 0.15) is 41.0 Å². The molecule has 132 valence electrons. The Labute approximate surface area is 136 Å². The summed E-state index contributed by atoms with van der Waals surface area (Å²) in [5.41, 5.74) is 0. The molecule has 1 aliphatic heterocycles. The van der Waals surface area contributed by atoms with Gasteiger partial charge in [-0.15, -0.1) is 0 Å². The van der Waals surface area contributed by atoms with E-state index in [-0.39, 0.29) is 17.2 Å². The average molecular weight is 335 g/mol. The Bertz CT molecular complexity index is 347. The quantitative estimate of drug-likeness (QED) is 0.549. The maximum absolute atomic E-state index is 6.59. The van der Waals surface area contributed by atoms with Gasteiger partial charge in [-0.2, -0.15) is 0 Å². The highest BCUT2D eigenvalue weighted by atomic mass is 28.4. The Balaban J connectivity index is 2.98. The summed E-state index contributed by atoms with van der Waals surface area (Å²) >= 11 is 0. The summed E-state index contributed by atoms with van der Waals surface area (Å²) in [6.45, 7) is 15.6. The van der Waals surface area contributed by atoms with Crippen molar-refractivity contribution < 1.29 is 23.4 Å². The van der Waals surface area contributed by atoms with Crippen LogP contribution >= 0.6 is 0 Å². The van der Waals surface area contributed by atoms with Crippen LogP contribution in [0.5, 0.6) is 0 Å². The summed E-state index contributed by atoms with van der Waals surface area (Å²) in [5, 5.41) is 0.109. The fourth-order valence-corrected chi connectivity index (χ4v) is 3.59. The number of methoxy groups -OCH3 is 2. The first-order valence-electron chi connectivity index (χ1n) is 7.99. The summed E-state index contributed by atoms with van der Waals surface area (Å²) in [6.07, 6.45) is -0.0544. The smallest absolute Gasteiger partial charge is 0.192 e. The summed E-state index contributed by atoms with van der Waals surface area (Å²) in [5.74, 6) is -0.607. The van der Waals surface area contributed by atoms with E-state index >= 15 is 0 Å². The molecule has 0 aromatic carbocycles. The lowest BCUT2D eigenvalue weighted by Gasteiger charge is -2.46. The van der Waals surface area contributed by atoms with E-state index in [0.717, 1.165) is 6.42 Å². The average Bonchev–Trinajstić information content (AvgIpc) is 2.36. The molecule has 1 heterocycles. The first-order valence-corrected chi connectivity index (χ1v) is 10.9. The largest absolute Gasteiger partial charge is 0.406 e. The third-order valence-corrected chi connectivity index (χ3v) is 9.10. The number of hydrogen-bond acceptors (Lipinski definition) is 5. The van der Waals surface area contributed by atoms with Gasteiger partial charge in [0, 0.05) is 14.2 Å². The van der Waals surface area contributed by atoms with Gasteiger partial charge >= 0.3 is 0 Å². The van der Waals surface area contributed by atoms with E-state index in [0.29, 0.717) is 6.61 Å². The van der Waals surface area contributed by atoms with Gasteiger partial charge in [-0.3, -0.25) is 0 Å². The molecule has 6 heteroatoms. The SMILES string of the molecule is COC(OC)[C@H](O[Si](C)(C)C(C)(C)C)[C@H]1CCOC(C)(C)O1. The minimum Gasteiger partial charge on any atom is -0.406 e. The highest BCUT2D eigenvalue weighted by Crippen LogP contribution is 2.39. The topological polar surface area (TPSA) is 46.2 Å². The zero-order valence-electron chi connectivity index (χ0n) is 15.7. The molecule has 0 aromatic rings. The number of ether oxygens (including phenoxy) is 4. The lowest BCUT2D eigenvalue weighted by molar-refractivity contribution is -0.305. The van der Waals surface area contributed by atoms with E-state index in [9.17, 15) is 0 Å². The fourth-order valence-electron chi connectivity index (χ4n) is 2.30. The molecular weight excluding hydrogens is 300 g/mol. The Kier molecular flexibility index (Phi) is 6.64. The normalized spacial score (nSPS) is 24.5. The minimum atomic E-state index is -1.97. The monoisotopic (exact) mass is 334 g/mol. The molecule has 1 rings (SSSR count). The second-order valence-corrected chi connectivity index (χ2v) is 12.6. The summed E-state index contributed by atoms with van der Waals surface area (Å²) < 4.78 is 29.3. The van der Waals surface area contributed by atoms with Crippen molar-refractivity contribution in [2.24, 2.45) is 0 Å². The minimum absolute atomic E-state index is 0.109. The fraction of sp³-hybridized carbons (Fsp3) is 1.00. The van der Waals surface area contributed by atoms with Gasteiger partial charge in [0.05, 0.1) is 12.7 Å². The standard InChI is InChI=1S/C16H34O5Si/c1-15(2,3)22(8,9)21-13(14(17-6)18-7)12-10-11-19-16(4,5)20-12/h12-14H,10-11H2,1-9H3/t12-,13-/m1/s1. The third kappa shape index (κ3) is 5.01. The van der Waals surface area contributed by atoms with Gasteiger partial charge < -0.3 is 23.4 Å². The lowest BCUT2D eigenvalue weighted by Crippen LogP contribution is -2.56. The second-order valence-electron chi connectivity index (χ2n) is 7.88. The van der Waals surface area contributed by atoms with Crippen molar-refractivity contribution in [2.75, 3.05) is 20.8 Å². The van der Waals surface area contributed by atoms with Crippen molar-refractivity contribution >= 4 is 8.32 Å². The van der Waals surface area contributed by atoms with Crippen molar-refractivity contribution in [3.8, 4) is 0 Å². The molecule has 0 radical (unpaired) electrons. The van der Waals surface area contributed by atoms with Crippen molar-refractivity contribution in [1.82, 2.24) is 0 Å². The molecule has 0 spiro atoms. The number of rotatable bonds is 6. The Morgan fingerprint density at radius 3 is 2.09 bits per heavy atom. The maximum Gasteiger partial charge on any atom is 0.192 e. The van der Waals surface area contributed by atoms with Crippen LogP contribution in [0.4, 0.5) is 0 Å². The zero-order valence-corrected chi connectivity index (χ0v) is 16.7. The zero-order chi connectivity index (χ0) is 17.2. The molecule has 0 amide bonds. The van der Waals surface area contributed by atoms with Crippen molar-refractivity contribution in [3.63, 3.8) is 0 Å². The van der Waals surface area contributed by atoms with Crippen LogP contribution in [-0.4, -0.2) is 53.4 Å². The molecule has 2 atom stereocenters. The molecule has 1 aliphatic rings. The van der Waals surface area contributed by atoms with E-state index in [4.69, 9.17) is 23.4 Å². The van der Waals surface area contributed by atoms with Gasteiger partial charge in [-0.25, -0.2) is 0 Å². The molecule has 1 fully saturated rings. The molecule has 22 heavy (non-hydrogen) atoms. The van der Waals surface area contributed by atoms with Crippen LogP contribution in [0.2, 0.25) is 18.1 Å².